The second kappa shape index (κ2) is 4.24. The van der Waals surface area contributed by atoms with Gasteiger partial charge in [-0.2, -0.15) is 0 Å². The van der Waals surface area contributed by atoms with Crippen molar-refractivity contribution in [2.45, 2.75) is 22.5 Å². The van der Waals surface area contributed by atoms with Crippen LogP contribution in [0.2, 0.25) is 0 Å². The molecule has 2 aromatic rings. The van der Waals surface area contributed by atoms with Gasteiger partial charge in [-0.05, 0) is 29.7 Å². The Morgan fingerprint density at radius 2 is 1.68 bits per heavy atom. The van der Waals surface area contributed by atoms with Gasteiger partial charge in [-0.1, -0.05) is 42.5 Å². The number of benzene rings is 2. The second-order valence-corrected chi connectivity index (χ2v) is 6.50. The lowest BCUT2D eigenvalue weighted by Gasteiger charge is -2.38. The first-order valence-electron chi connectivity index (χ1n) is 6.68. The van der Waals surface area contributed by atoms with Crippen LogP contribution in [0.5, 0.6) is 0 Å². The van der Waals surface area contributed by atoms with Crippen molar-refractivity contribution in [1.82, 2.24) is 0 Å². The molecule has 0 radical (unpaired) electrons. The number of carbonyl (C=O) groups is 1. The summed E-state index contributed by atoms with van der Waals surface area (Å²) in [6, 6.07) is 18.8. The lowest BCUT2D eigenvalue weighted by molar-refractivity contribution is -0.129. The number of hydrogen-bond donors (Lipinski definition) is 0. The molecule has 0 unspecified atom stereocenters. The van der Waals surface area contributed by atoms with Crippen molar-refractivity contribution in [2.75, 3.05) is 0 Å². The van der Waals surface area contributed by atoms with Crippen molar-refractivity contribution in [3.05, 3.63) is 65.7 Å². The molecule has 2 aliphatic rings. The van der Waals surface area contributed by atoms with Gasteiger partial charge < -0.3 is 0 Å². The fraction of sp³-hybridized carbons (Fsp3) is 0.235. The van der Waals surface area contributed by atoms with E-state index in [0.717, 1.165) is 6.42 Å². The number of hydrogen-bond acceptors (Lipinski definition) is 2. The lowest BCUT2D eigenvalue weighted by Crippen LogP contribution is -2.46. The predicted octanol–water partition coefficient (Wildman–Crippen LogP) is 3.69. The molecular formula is C17H14OS. The Hall–Kier alpha value is -1.54. The summed E-state index contributed by atoms with van der Waals surface area (Å²) in [6.07, 6.45) is 0.950. The summed E-state index contributed by atoms with van der Waals surface area (Å²) in [7, 11) is 0. The molecule has 1 nitrogen and oxygen atoms in total. The van der Waals surface area contributed by atoms with E-state index in [4.69, 9.17) is 0 Å². The van der Waals surface area contributed by atoms with Crippen LogP contribution in [0.25, 0.3) is 0 Å². The van der Waals surface area contributed by atoms with Gasteiger partial charge in [0.25, 0.3) is 0 Å². The van der Waals surface area contributed by atoms with E-state index in [2.05, 4.69) is 36.4 Å². The minimum Gasteiger partial charge on any atom is -0.298 e. The highest BCUT2D eigenvalue weighted by Crippen LogP contribution is 2.54. The zero-order chi connectivity index (χ0) is 12.8. The maximum absolute atomic E-state index is 12.3. The quantitative estimate of drug-likeness (QED) is 0.824. The topological polar surface area (TPSA) is 17.1 Å². The zero-order valence-electron chi connectivity index (χ0n) is 10.5. The third-order valence-corrected chi connectivity index (χ3v) is 5.59. The summed E-state index contributed by atoms with van der Waals surface area (Å²) in [4.78, 5) is 13.5. The number of carbonyl (C=O) groups excluding carboxylic acids is 1. The van der Waals surface area contributed by atoms with Crippen LogP contribution in [-0.4, -0.2) is 11.0 Å². The van der Waals surface area contributed by atoms with Gasteiger partial charge in [0.1, 0.15) is 0 Å². The molecule has 0 N–H and O–H groups in total. The zero-order valence-corrected chi connectivity index (χ0v) is 11.3. The van der Waals surface area contributed by atoms with E-state index in [-0.39, 0.29) is 11.2 Å². The number of fused-ring (bicyclic) bond motifs is 3. The fourth-order valence-electron chi connectivity index (χ4n) is 3.32. The molecule has 0 amide bonds. The highest BCUT2D eigenvalue weighted by molar-refractivity contribution is 8.00. The van der Waals surface area contributed by atoms with E-state index < -0.39 is 0 Å². The average molecular weight is 266 g/mol. The summed E-state index contributed by atoms with van der Waals surface area (Å²) < 4.78 is 0. The van der Waals surface area contributed by atoms with E-state index >= 15 is 0 Å². The number of ketones is 1. The lowest BCUT2D eigenvalue weighted by atomic mass is 9.72. The first-order chi connectivity index (χ1) is 9.34. The van der Waals surface area contributed by atoms with Crippen LogP contribution in [0.1, 0.15) is 17.0 Å². The Labute approximate surface area is 117 Å². The molecule has 19 heavy (non-hydrogen) atoms. The largest absolute Gasteiger partial charge is 0.298 e. The first kappa shape index (κ1) is 11.3. The number of thioether (sulfide) groups is 1. The van der Waals surface area contributed by atoms with Gasteiger partial charge in [-0.3, -0.25) is 4.79 Å². The third kappa shape index (κ3) is 1.67. The fourth-order valence-corrected chi connectivity index (χ4v) is 4.71. The molecule has 0 aliphatic heterocycles. The molecule has 0 bridgehead atoms. The molecular weight excluding hydrogens is 252 g/mol. The number of rotatable bonds is 2. The molecule has 4 rings (SSSR count). The van der Waals surface area contributed by atoms with E-state index in [1.54, 1.807) is 11.8 Å². The Bertz CT molecular complexity index is 635. The summed E-state index contributed by atoms with van der Waals surface area (Å²) in [5.74, 6) is 1.13. The van der Waals surface area contributed by atoms with Gasteiger partial charge in [-0.25, -0.2) is 0 Å². The molecule has 2 aromatic carbocycles. The minimum absolute atomic E-state index is 0.121. The normalized spacial score (nSPS) is 27.6. The van der Waals surface area contributed by atoms with Crippen LogP contribution in [0.15, 0.2) is 59.5 Å². The van der Waals surface area contributed by atoms with Crippen molar-refractivity contribution in [1.29, 1.82) is 0 Å². The van der Waals surface area contributed by atoms with E-state index in [1.165, 1.54) is 16.0 Å². The van der Waals surface area contributed by atoms with Crippen molar-refractivity contribution in [3.8, 4) is 0 Å². The van der Waals surface area contributed by atoms with Crippen molar-refractivity contribution in [3.63, 3.8) is 0 Å². The van der Waals surface area contributed by atoms with Gasteiger partial charge in [0.15, 0.2) is 5.78 Å². The van der Waals surface area contributed by atoms with Gasteiger partial charge in [0, 0.05) is 16.7 Å². The maximum Gasteiger partial charge on any atom is 0.150 e. The van der Waals surface area contributed by atoms with Crippen LogP contribution in [0, 0.1) is 5.92 Å². The molecule has 0 saturated heterocycles. The smallest absolute Gasteiger partial charge is 0.150 e. The Balaban J connectivity index is 1.64. The minimum atomic E-state index is 0.121. The maximum atomic E-state index is 12.3. The summed E-state index contributed by atoms with van der Waals surface area (Å²) in [5.41, 5.74) is 2.78. The summed E-state index contributed by atoms with van der Waals surface area (Å²) in [5, 5.41) is 0.121. The summed E-state index contributed by atoms with van der Waals surface area (Å²) in [6.45, 7) is 0. The van der Waals surface area contributed by atoms with E-state index in [0.29, 0.717) is 11.7 Å². The average Bonchev–Trinajstić information content (AvgIpc) is 2.81. The molecule has 2 heteroatoms. The molecule has 1 saturated carbocycles. The van der Waals surface area contributed by atoms with Gasteiger partial charge in [0.05, 0.1) is 5.25 Å². The Kier molecular flexibility index (Phi) is 2.52. The van der Waals surface area contributed by atoms with Crippen LogP contribution in [-0.2, 0) is 11.2 Å². The highest BCUT2D eigenvalue weighted by atomic mass is 32.2. The summed E-state index contributed by atoms with van der Waals surface area (Å²) >= 11 is 1.73. The van der Waals surface area contributed by atoms with Crippen LogP contribution < -0.4 is 0 Å². The van der Waals surface area contributed by atoms with Crippen LogP contribution in [0.4, 0.5) is 0 Å². The standard InChI is InChI=1S/C17H14OS/c18-16-14-10-11-6-4-5-9-13(11)15(14)17(16)19-12-7-2-1-3-8-12/h1-9,14-15,17H,10H2/t14-,15+,17+/m0/s1. The van der Waals surface area contributed by atoms with E-state index in [1.807, 2.05) is 18.2 Å². The molecule has 0 aromatic heterocycles. The van der Waals surface area contributed by atoms with Crippen molar-refractivity contribution in [2.24, 2.45) is 5.92 Å². The van der Waals surface area contributed by atoms with E-state index in [9.17, 15) is 4.79 Å². The molecule has 1 fully saturated rings. The van der Waals surface area contributed by atoms with Crippen LogP contribution in [0.3, 0.4) is 0 Å². The second-order valence-electron chi connectivity index (χ2n) is 5.29. The molecule has 0 spiro atoms. The van der Waals surface area contributed by atoms with Gasteiger partial charge in [0.2, 0.25) is 0 Å². The Morgan fingerprint density at radius 1 is 0.947 bits per heavy atom. The molecule has 94 valence electrons. The number of Topliss-reactive ketones (excluding diaryl/α,β-unsaturated/α-hetero) is 1. The molecule has 0 heterocycles. The van der Waals surface area contributed by atoms with Crippen molar-refractivity contribution >= 4 is 17.5 Å². The Morgan fingerprint density at radius 3 is 2.53 bits per heavy atom. The first-order valence-corrected chi connectivity index (χ1v) is 7.56. The van der Waals surface area contributed by atoms with Gasteiger partial charge >= 0.3 is 0 Å². The third-order valence-electron chi connectivity index (χ3n) is 4.27. The van der Waals surface area contributed by atoms with Crippen LogP contribution >= 0.6 is 11.8 Å². The predicted molar refractivity (Wildman–Crippen MR) is 77.5 cm³/mol. The molecule has 3 atom stereocenters. The SMILES string of the molecule is O=C1[C@H]2Cc3ccccc3[C@H]2[C@H]1Sc1ccccc1. The van der Waals surface area contributed by atoms with Gasteiger partial charge in [-0.15, -0.1) is 11.8 Å². The molecule has 2 aliphatic carbocycles. The van der Waals surface area contributed by atoms with Crippen molar-refractivity contribution < 1.29 is 4.79 Å². The monoisotopic (exact) mass is 266 g/mol. The highest BCUT2D eigenvalue weighted by Gasteiger charge is 2.54.